The highest BCUT2D eigenvalue weighted by Gasteiger charge is 2.62. The van der Waals surface area contributed by atoms with E-state index >= 15 is 0 Å². The topological polar surface area (TPSA) is 155 Å². The van der Waals surface area contributed by atoms with Gasteiger partial charge in [-0.15, -0.1) is 0 Å². The monoisotopic (exact) mass is 361 g/mol. The Morgan fingerprint density at radius 3 is 2.69 bits per heavy atom. The van der Waals surface area contributed by atoms with Crippen molar-refractivity contribution in [3.63, 3.8) is 0 Å². The van der Waals surface area contributed by atoms with Crippen molar-refractivity contribution < 1.29 is 34.0 Å². The van der Waals surface area contributed by atoms with Gasteiger partial charge in [-0.1, -0.05) is 0 Å². The summed E-state index contributed by atoms with van der Waals surface area (Å²) in [5.41, 5.74) is 12.7. The number of anilines is 1. The van der Waals surface area contributed by atoms with Crippen molar-refractivity contribution in [2.24, 2.45) is 5.73 Å². The van der Waals surface area contributed by atoms with Gasteiger partial charge in [0.1, 0.15) is 10.7 Å². The molecule has 136 valence electrons. The lowest BCUT2D eigenvalue weighted by atomic mass is 9.92. The molecule has 0 spiro atoms. The maximum absolute atomic E-state index is 12.7. The molecule has 10 nitrogen and oxygen atoms in total. The fraction of sp³-hybridized carbons (Fsp3) is 0.250. The fourth-order valence-corrected chi connectivity index (χ4v) is 3.16. The third-order valence-electron chi connectivity index (χ3n) is 4.36. The van der Waals surface area contributed by atoms with E-state index in [9.17, 15) is 19.6 Å². The quantitative estimate of drug-likeness (QED) is 0.315. The maximum Gasteiger partial charge on any atom is 0.465 e. The van der Waals surface area contributed by atoms with E-state index in [2.05, 4.69) is 9.82 Å². The highest BCUT2D eigenvalue weighted by atomic mass is 17.0. The van der Waals surface area contributed by atoms with Crippen LogP contribution in [0.1, 0.15) is 23.5 Å². The number of carbonyl (C=O) groups is 3. The third-order valence-corrected chi connectivity index (χ3v) is 4.36. The normalized spacial score (nSPS) is 22.7. The summed E-state index contributed by atoms with van der Waals surface area (Å²) in [5.74, 6) is -3.08. The van der Waals surface area contributed by atoms with Gasteiger partial charge in [-0.25, -0.2) is 24.2 Å². The SMILES string of the molecule is COc1nc2ccc(N)cc2c(C)c1C1CC(=O)[N+](O)(OC(N)=O)C1=O. The molecule has 0 saturated carbocycles. The van der Waals surface area contributed by atoms with Crippen LogP contribution in [-0.2, 0) is 14.4 Å². The number of benzene rings is 1. The Morgan fingerprint density at radius 1 is 1.38 bits per heavy atom. The molecule has 0 bridgehead atoms. The molecule has 0 aliphatic carbocycles. The number of pyridine rings is 1. The molecule has 2 aromatic rings. The second kappa shape index (κ2) is 5.93. The van der Waals surface area contributed by atoms with Crippen LogP contribution in [0.3, 0.4) is 0 Å². The van der Waals surface area contributed by atoms with E-state index in [-0.39, 0.29) is 5.88 Å². The van der Waals surface area contributed by atoms with Gasteiger partial charge in [0.2, 0.25) is 5.88 Å². The van der Waals surface area contributed by atoms with Gasteiger partial charge in [0.25, 0.3) is 0 Å². The Morgan fingerprint density at radius 2 is 2.08 bits per heavy atom. The number of fused-ring (bicyclic) bond motifs is 1. The molecule has 5 N–H and O–H groups in total. The summed E-state index contributed by atoms with van der Waals surface area (Å²) in [4.78, 5) is 42.3. The number of hydrogen-bond donors (Lipinski definition) is 3. The number of amides is 3. The molecule has 2 unspecified atom stereocenters. The Labute approximate surface area is 147 Å². The number of nitrogen functional groups attached to an aromatic ring is 1. The number of hydroxylamine groups is 4. The van der Waals surface area contributed by atoms with E-state index in [1.165, 1.54) is 7.11 Å². The number of nitrogens with zero attached hydrogens (tertiary/aromatic N) is 2. The summed E-state index contributed by atoms with van der Waals surface area (Å²) in [6, 6.07) is 5.06. The first kappa shape index (κ1) is 17.6. The zero-order valence-electron chi connectivity index (χ0n) is 14.1. The van der Waals surface area contributed by atoms with Crippen molar-refractivity contribution in [2.45, 2.75) is 19.3 Å². The molecule has 1 saturated heterocycles. The molecule has 1 aliphatic heterocycles. The number of ether oxygens (including phenoxy) is 1. The molecule has 1 aromatic heterocycles. The lowest BCUT2D eigenvalue weighted by Gasteiger charge is -2.18. The number of imide groups is 1. The van der Waals surface area contributed by atoms with Crippen molar-refractivity contribution in [1.29, 1.82) is 0 Å². The van der Waals surface area contributed by atoms with Crippen molar-refractivity contribution in [3.8, 4) is 5.88 Å². The maximum atomic E-state index is 12.7. The Kier molecular flexibility index (Phi) is 4.01. The fourth-order valence-electron chi connectivity index (χ4n) is 3.16. The lowest BCUT2D eigenvalue weighted by molar-refractivity contribution is -1.12. The number of primary amides is 1. The van der Waals surface area contributed by atoms with E-state index in [1.54, 1.807) is 25.1 Å². The number of nitrogens with two attached hydrogens (primary N) is 2. The predicted molar refractivity (Wildman–Crippen MR) is 87.5 cm³/mol. The largest absolute Gasteiger partial charge is 0.481 e. The Bertz CT molecular complexity index is 959. The summed E-state index contributed by atoms with van der Waals surface area (Å²) < 4.78 is 5.28. The van der Waals surface area contributed by atoms with Crippen LogP contribution in [0.2, 0.25) is 0 Å². The molecule has 1 aliphatic rings. The van der Waals surface area contributed by atoms with Crippen LogP contribution in [0, 0.1) is 6.92 Å². The van der Waals surface area contributed by atoms with Gasteiger partial charge < -0.3 is 16.2 Å². The molecule has 2 atom stereocenters. The summed E-state index contributed by atoms with van der Waals surface area (Å²) >= 11 is 0. The number of rotatable bonds is 3. The summed E-state index contributed by atoms with van der Waals surface area (Å²) in [7, 11) is 1.37. The first-order valence-electron chi connectivity index (χ1n) is 7.61. The minimum Gasteiger partial charge on any atom is -0.481 e. The van der Waals surface area contributed by atoms with Gasteiger partial charge in [0, 0.05) is 16.6 Å². The molecule has 0 radical (unpaired) electrons. The molecule has 3 rings (SSSR count). The van der Waals surface area contributed by atoms with Crippen LogP contribution in [0.5, 0.6) is 5.88 Å². The predicted octanol–water partition coefficient (Wildman–Crippen LogP) is 0.891. The second-order valence-electron chi connectivity index (χ2n) is 5.91. The molecule has 3 amide bonds. The highest BCUT2D eigenvalue weighted by Crippen LogP contribution is 2.41. The van der Waals surface area contributed by atoms with Crippen molar-refractivity contribution in [3.05, 3.63) is 29.3 Å². The van der Waals surface area contributed by atoms with Crippen molar-refractivity contribution in [1.82, 2.24) is 4.98 Å². The van der Waals surface area contributed by atoms with Crippen LogP contribution >= 0.6 is 0 Å². The molecular formula is C16H17N4O6+. The minimum absolute atomic E-state index is 0.124. The van der Waals surface area contributed by atoms with Gasteiger partial charge in [0.15, 0.2) is 0 Å². The molecule has 10 heteroatoms. The Balaban J connectivity index is 2.19. The number of aromatic nitrogens is 1. The molecule has 2 heterocycles. The van der Waals surface area contributed by atoms with E-state index in [0.717, 1.165) is 0 Å². The van der Waals surface area contributed by atoms with Crippen LogP contribution < -0.4 is 16.2 Å². The second-order valence-corrected chi connectivity index (χ2v) is 5.91. The number of aryl methyl sites for hydroxylation is 1. The van der Waals surface area contributed by atoms with Gasteiger partial charge in [-0.05, 0) is 30.7 Å². The third kappa shape index (κ3) is 2.52. The molecular weight excluding hydrogens is 344 g/mol. The van der Waals surface area contributed by atoms with Crippen molar-refractivity contribution >= 4 is 34.5 Å². The first-order valence-corrected chi connectivity index (χ1v) is 7.61. The molecule has 1 fully saturated rings. The molecule has 1 aromatic carbocycles. The van der Waals surface area contributed by atoms with Gasteiger partial charge >= 0.3 is 17.9 Å². The van der Waals surface area contributed by atoms with Gasteiger partial charge in [-0.2, -0.15) is 5.21 Å². The van der Waals surface area contributed by atoms with E-state index in [0.29, 0.717) is 27.7 Å². The zero-order valence-corrected chi connectivity index (χ0v) is 14.1. The Hall–Kier alpha value is -3.24. The zero-order chi connectivity index (χ0) is 19.2. The summed E-state index contributed by atoms with van der Waals surface area (Å²) in [5, 5.41) is 10.8. The van der Waals surface area contributed by atoms with Crippen LogP contribution in [0.25, 0.3) is 10.9 Å². The van der Waals surface area contributed by atoms with Crippen LogP contribution in [0.4, 0.5) is 10.5 Å². The number of hydrogen-bond acceptors (Lipinski definition) is 8. The first-order chi connectivity index (χ1) is 12.2. The molecule has 26 heavy (non-hydrogen) atoms. The van der Waals surface area contributed by atoms with Gasteiger partial charge in [-0.3, -0.25) is 0 Å². The van der Waals surface area contributed by atoms with Crippen molar-refractivity contribution in [2.75, 3.05) is 12.8 Å². The van der Waals surface area contributed by atoms with E-state index in [4.69, 9.17) is 16.2 Å². The highest BCUT2D eigenvalue weighted by molar-refractivity contribution is 5.98. The number of carbonyl (C=O) groups excluding carboxylic acids is 3. The average Bonchev–Trinajstić information content (AvgIpc) is 2.78. The smallest absolute Gasteiger partial charge is 0.465 e. The number of methoxy groups -OCH3 is 1. The van der Waals surface area contributed by atoms with E-state index < -0.39 is 35.1 Å². The summed E-state index contributed by atoms with van der Waals surface area (Å²) in [6.45, 7) is 1.72. The van der Waals surface area contributed by atoms with Gasteiger partial charge in [0.05, 0.1) is 19.0 Å². The number of quaternary nitrogens is 1. The lowest BCUT2D eigenvalue weighted by Crippen LogP contribution is -2.52. The standard InChI is InChI=1S/C16H16N4O6/c1-7-9-5-8(17)3-4-11(9)19-14(25-2)13(7)10-6-12(21)20(24,15(10)22)26-16(18)23/h3-5,10,24H,6,17H2,1-2H3,(H-,18,23)/p+1. The van der Waals surface area contributed by atoms with Crippen LogP contribution in [0.15, 0.2) is 18.2 Å². The van der Waals surface area contributed by atoms with E-state index in [1.807, 2.05) is 0 Å². The summed E-state index contributed by atoms with van der Waals surface area (Å²) in [6.07, 6.45) is -1.86. The van der Waals surface area contributed by atoms with Crippen LogP contribution in [-0.4, -0.2) is 40.0 Å². The minimum atomic E-state index is -2.14. The average molecular weight is 361 g/mol.